The highest BCUT2D eigenvalue weighted by atomic mass is 35.5. The van der Waals surface area contributed by atoms with Gasteiger partial charge in [-0.15, -0.1) is 11.6 Å². The zero-order valence-corrected chi connectivity index (χ0v) is 8.31. The van der Waals surface area contributed by atoms with Gasteiger partial charge < -0.3 is 4.90 Å². The number of rotatable bonds is 3. The molecule has 1 aliphatic heterocycles. The van der Waals surface area contributed by atoms with Gasteiger partial charge in [-0.2, -0.15) is 0 Å². The lowest BCUT2D eigenvalue weighted by atomic mass is 10.1. The number of halogens is 1. The highest BCUT2D eigenvalue weighted by molar-refractivity contribution is 6.18. The summed E-state index contributed by atoms with van der Waals surface area (Å²) < 4.78 is 0. The lowest BCUT2D eigenvalue weighted by Gasteiger charge is -2.28. The average Bonchev–Trinajstić information content (AvgIpc) is 2.09. The molecule has 0 radical (unpaired) electrons. The van der Waals surface area contributed by atoms with Crippen LogP contribution in [0.4, 0.5) is 0 Å². The molecule has 0 spiro atoms. The first kappa shape index (κ1) is 9.85. The van der Waals surface area contributed by atoms with Crippen LogP contribution in [-0.4, -0.2) is 29.8 Å². The summed E-state index contributed by atoms with van der Waals surface area (Å²) in [6.07, 6.45) is 2.94. The third-order valence-corrected chi connectivity index (χ3v) is 2.74. The molecule has 1 rings (SSSR count). The third-order valence-electron chi connectivity index (χ3n) is 2.22. The molecule has 0 bridgehead atoms. The number of amides is 1. The Morgan fingerprint density at radius 3 is 2.92 bits per heavy atom. The molecule has 2 nitrogen and oxygen atoms in total. The number of carbonyl (C=O) groups is 1. The molecular weight excluding hydrogens is 174 g/mol. The number of nitrogens with zero attached hydrogens (tertiary/aromatic N) is 1. The number of carbonyl (C=O) groups excluding carboxylic acids is 1. The summed E-state index contributed by atoms with van der Waals surface area (Å²) in [4.78, 5) is 13.3. The Hall–Kier alpha value is -0.240. The van der Waals surface area contributed by atoms with Gasteiger partial charge in [-0.1, -0.05) is 6.92 Å². The minimum atomic E-state index is 0.304. The molecule has 1 saturated heterocycles. The Morgan fingerprint density at radius 1 is 1.58 bits per heavy atom. The van der Waals surface area contributed by atoms with E-state index in [4.69, 9.17) is 11.6 Å². The lowest BCUT2D eigenvalue weighted by molar-refractivity contribution is -0.133. The summed E-state index contributed by atoms with van der Waals surface area (Å²) in [5.74, 6) is 1.37. The van der Waals surface area contributed by atoms with Crippen LogP contribution in [0.1, 0.15) is 26.2 Å². The summed E-state index contributed by atoms with van der Waals surface area (Å²) >= 11 is 5.68. The van der Waals surface area contributed by atoms with Crippen molar-refractivity contribution in [3.05, 3.63) is 0 Å². The molecule has 0 saturated carbocycles. The molecule has 0 aliphatic carbocycles. The molecule has 1 heterocycles. The van der Waals surface area contributed by atoms with Gasteiger partial charge in [-0.05, 0) is 18.8 Å². The number of hydrogen-bond acceptors (Lipinski definition) is 1. The van der Waals surface area contributed by atoms with Crippen LogP contribution in [0.25, 0.3) is 0 Å². The van der Waals surface area contributed by atoms with Gasteiger partial charge in [0.2, 0.25) is 5.91 Å². The van der Waals surface area contributed by atoms with Crippen LogP contribution >= 0.6 is 11.6 Å². The van der Waals surface area contributed by atoms with Gasteiger partial charge >= 0.3 is 0 Å². The van der Waals surface area contributed by atoms with E-state index < -0.39 is 0 Å². The Bertz CT molecular complexity index is 161. The molecule has 70 valence electrons. The second-order valence-corrected chi connectivity index (χ2v) is 3.86. The van der Waals surface area contributed by atoms with E-state index in [0.717, 1.165) is 32.4 Å². The van der Waals surface area contributed by atoms with Crippen molar-refractivity contribution in [1.29, 1.82) is 0 Å². The van der Waals surface area contributed by atoms with Gasteiger partial charge in [-0.25, -0.2) is 0 Å². The predicted octanol–water partition coefficient (Wildman–Crippen LogP) is 1.87. The van der Waals surface area contributed by atoms with E-state index in [2.05, 4.69) is 6.92 Å². The monoisotopic (exact) mass is 189 g/mol. The van der Waals surface area contributed by atoms with Gasteiger partial charge in [-0.3, -0.25) is 4.79 Å². The fraction of sp³-hybridized carbons (Fsp3) is 0.889. The van der Waals surface area contributed by atoms with Crippen molar-refractivity contribution in [1.82, 2.24) is 4.90 Å². The van der Waals surface area contributed by atoms with Gasteiger partial charge in [0.05, 0.1) is 0 Å². The SMILES string of the molecule is CC(CCl)CN1CCCCC1=O. The van der Waals surface area contributed by atoms with Crippen molar-refractivity contribution in [2.24, 2.45) is 5.92 Å². The molecule has 3 heteroatoms. The molecule has 12 heavy (non-hydrogen) atoms. The smallest absolute Gasteiger partial charge is 0.222 e. The van der Waals surface area contributed by atoms with Crippen molar-refractivity contribution in [2.75, 3.05) is 19.0 Å². The number of piperidine rings is 1. The fourth-order valence-corrected chi connectivity index (χ4v) is 1.58. The van der Waals surface area contributed by atoms with E-state index in [-0.39, 0.29) is 0 Å². The fourth-order valence-electron chi connectivity index (χ4n) is 1.48. The molecule has 0 N–H and O–H groups in total. The summed E-state index contributed by atoms with van der Waals surface area (Å²) in [6.45, 7) is 3.84. The largest absolute Gasteiger partial charge is 0.342 e. The molecule has 0 aromatic carbocycles. The van der Waals surface area contributed by atoms with Gasteiger partial charge in [0.1, 0.15) is 0 Å². The molecule has 0 aromatic heterocycles. The zero-order valence-electron chi connectivity index (χ0n) is 7.55. The van der Waals surface area contributed by atoms with Crippen LogP contribution in [-0.2, 0) is 4.79 Å². The molecule has 1 atom stereocenters. The van der Waals surface area contributed by atoms with E-state index in [1.807, 2.05) is 4.90 Å². The van der Waals surface area contributed by atoms with E-state index in [0.29, 0.717) is 17.7 Å². The highest BCUT2D eigenvalue weighted by Gasteiger charge is 2.19. The minimum absolute atomic E-state index is 0.304. The minimum Gasteiger partial charge on any atom is -0.342 e. The number of hydrogen-bond donors (Lipinski definition) is 0. The molecule has 1 aliphatic rings. The summed E-state index contributed by atoms with van der Waals surface area (Å²) in [6, 6.07) is 0. The van der Waals surface area contributed by atoms with Crippen molar-refractivity contribution in [3.63, 3.8) is 0 Å². The summed E-state index contributed by atoms with van der Waals surface area (Å²) in [7, 11) is 0. The van der Waals surface area contributed by atoms with Crippen molar-refractivity contribution in [3.8, 4) is 0 Å². The summed E-state index contributed by atoms with van der Waals surface area (Å²) in [5, 5.41) is 0. The van der Waals surface area contributed by atoms with Crippen LogP contribution in [0.5, 0.6) is 0 Å². The van der Waals surface area contributed by atoms with E-state index in [1.165, 1.54) is 0 Å². The lowest BCUT2D eigenvalue weighted by Crippen LogP contribution is -2.38. The van der Waals surface area contributed by atoms with E-state index in [9.17, 15) is 4.79 Å². The first-order valence-corrected chi connectivity index (χ1v) is 5.11. The van der Waals surface area contributed by atoms with Crippen LogP contribution < -0.4 is 0 Å². The standard InChI is InChI=1S/C9H16ClNO/c1-8(6-10)7-11-5-3-2-4-9(11)12/h8H,2-7H2,1H3. The maximum Gasteiger partial charge on any atom is 0.222 e. The molecular formula is C9H16ClNO. The van der Waals surface area contributed by atoms with Crippen LogP contribution in [0.3, 0.4) is 0 Å². The van der Waals surface area contributed by atoms with Crippen molar-refractivity contribution < 1.29 is 4.79 Å². The normalized spacial score (nSPS) is 21.2. The highest BCUT2D eigenvalue weighted by Crippen LogP contribution is 2.12. The molecule has 0 aromatic rings. The summed E-state index contributed by atoms with van der Waals surface area (Å²) in [5.41, 5.74) is 0. The Kier molecular flexibility index (Phi) is 3.86. The maximum atomic E-state index is 11.3. The first-order valence-electron chi connectivity index (χ1n) is 4.57. The molecule has 1 fully saturated rings. The van der Waals surface area contributed by atoms with Crippen LogP contribution in [0.2, 0.25) is 0 Å². The van der Waals surface area contributed by atoms with Gasteiger partial charge in [0.15, 0.2) is 0 Å². The van der Waals surface area contributed by atoms with Gasteiger partial charge in [0, 0.05) is 25.4 Å². The molecule has 1 amide bonds. The number of likely N-dealkylation sites (tertiary alicyclic amines) is 1. The molecule has 1 unspecified atom stereocenters. The van der Waals surface area contributed by atoms with Gasteiger partial charge in [0.25, 0.3) is 0 Å². The predicted molar refractivity (Wildman–Crippen MR) is 50.3 cm³/mol. The van der Waals surface area contributed by atoms with E-state index >= 15 is 0 Å². The average molecular weight is 190 g/mol. The topological polar surface area (TPSA) is 20.3 Å². The van der Waals surface area contributed by atoms with Crippen LogP contribution in [0.15, 0.2) is 0 Å². The van der Waals surface area contributed by atoms with E-state index in [1.54, 1.807) is 0 Å². The van der Waals surface area contributed by atoms with Crippen molar-refractivity contribution >= 4 is 17.5 Å². The second kappa shape index (κ2) is 4.70. The van der Waals surface area contributed by atoms with Crippen molar-refractivity contribution in [2.45, 2.75) is 26.2 Å². The third kappa shape index (κ3) is 2.67. The Labute approximate surface area is 78.9 Å². The Balaban J connectivity index is 2.34. The number of alkyl halides is 1. The Morgan fingerprint density at radius 2 is 2.33 bits per heavy atom. The zero-order chi connectivity index (χ0) is 8.97. The maximum absolute atomic E-state index is 11.3. The second-order valence-electron chi connectivity index (χ2n) is 3.56. The van der Waals surface area contributed by atoms with Crippen LogP contribution in [0, 0.1) is 5.92 Å². The first-order chi connectivity index (χ1) is 5.74. The quantitative estimate of drug-likeness (QED) is 0.621.